The van der Waals surface area contributed by atoms with Gasteiger partial charge in [0.05, 0.1) is 23.9 Å². The van der Waals surface area contributed by atoms with Crippen LogP contribution < -0.4 is 5.32 Å². The summed E-state index contributed by atoms with van der Waals surface area (Å²) in [7, 11) is 4.40. The molecule has 0 aliphatic heterocycles. The van der Waals surface area contributed by atoms with Crippen LogP contribution in [0.4, 0.5) is 11.6 Å². The first kappa shape index (κ1) is 29.2. The Bertz CT molecular complexity index is 1220. The Morgan fingerprint density at radius 2 is 1.92 bits per heavy atom. The van der Waals surface area contributed by atoms with E-state index in [4.69, 9.17) is 9.72 Å². The van der Waals surface area contributed by atoms with E-state index in [1.165, 1.54) is 42.7 Å². The third-order valence-electron chi connectivity index (χ3n) is 7.17. The summed E-state index contributed by atoms with van der Waals surface area (Å²) in [6.45, 7) is 8.00. The predicted molar refractivity (Wildman–Crippen MR) is 165 cm³/mol. The van der Waals surface area contributed by atoms with Crippen LogP contribution in [0.1, 0.15) is 55.5 Å². The van der Waals surface area contributed by atoms with Gasteiger partial charge in [-0.3, -0.25) is 4.90 Å². The van der Waals surface area contributed by atoms with Gasteiger partial charge in [-0.15, -0.1) is 11.3 Å². The van der Waals surface area contributed by atoms with Crippen molar-refractivity contribution < 1.29 is 4.74 Å². The van der Waals surface area contributed by atoms with Crippen molar-refractivity contribution in [2.45, 2.75) is 58.6 Å². The number of aromatic nitrogens is 2. The Morgan fingerprint density at radius 1 is 1.08 bits per heavy atom. The van der Waals surface area contributed by atoms with Crippen molar-refractivity contribution in [3.63, 3.8) is 0 Å². The number of thiophene rings is 1. The molecule has 0 saturated carbocycles. The number of nitrogens with one attached hydrogen (secondary N) is 1. The van der Waals surface area contributed by atoms with Gasteiger partial charge in [0.15, 0.2) is 0 Å². The highest BCUT2D eigenvalue weighted by atomic mass is 32.1. The topological polar surface area (TPSA) is 53.5 Å². The molecule has 39 heavy (non-hydrogen) atoms. The van der Waals surface area contributed by atoms with Crippen LogP contribution in [0.2, 0.25) is 0 Å². The van der Waals surface area contributed by atoms with Crippen molar-refractivity contribution in [1.29, 1.82) is 0 Å². The number of rotatable bonds is 15. The summed E-state index contributed by atoms with van der Waals surface area (Å²) in [4.78, 5) is 16.5. The number of benzene rings is 1. The summed E-state index contributed by atoms with van der Waals surface area (Å²) in [5, 5.41) is 3.35. The molecule has 7 heteroatoms. The molecule has 0 bridgehead atoms. The lowest BCUT2D eigenvalue weighted by molar-refractivity contribution is 0.0281. The molecule has 0 radical (unpaired) electrons. The molecule has 2 aromatic heterocycles. The number of hydrogen-bond acceptors (Lipinski definition) is 7. The van der Waals surface area contributed by atoms with E-state index < -0.39 is 0 Å². The molecule has 0 spiro atoms. The van der Waals surface area contributed by atoms with E-state index in [0.717, 1.165) is 34.8 Å². The standard InChI is InChI=1S/C32H43N5OS/c1-5-7-20-37(4)28(6-2)18-21-36(3)24-38-23-25-13-15-27(16-14-25)34-32-33-19-17-29(35-32)31-22-26-11-9-8-10-12-30(26)39-31/h8-11,13-17,19,22,28H,5-7,12,18,20-21,23-24H2,1-4H3,(H,33,34,35). The largest absolute Gasteiger partial charge is 0.361 e. The van der Waals surface area contributed by atoms with Gasteiger partial charge in [0.2, 0.25) is 5.95 Å². The molecule has 208 valence electrons. The molecule has 6 nitrogen and oxygen atoms in total. The lowest BCUT2D eigenvalue weighted by Crippen LogP contribution is -2.35. The first-order valence-corrected chi connectivity index (χ1v) is 15.0. The molecule has 0 saturated heterocycles. The zero-order valence-electron chi connectivity index (χ0n) is 23.9. The molecule has 1 atom stereocenters. The molecular weight excluding hydrogens is 502 g/mol. The number of anilines is 2. The summed E-state index contributed by atoms with van der Waals surface area (Å²) in [6, 6.07) is 13.1. The molecule has 0 fully saturated rings. The lowest BCUT2D eigenvalue weighted by Gasteiger charge is -2.28. The Labute approximate surface area is 238 Å². The molecule has 0 amide bonds. The van der Waals surface area contributed by atoms with Gasteiger partial charge in [-0.1, -0.05) is 56.7 Å². The fourth-order valence-electron chi connectivity index (χ4n) is 4.73. The number of allylic oxidation sites excluding steroid dienone is 3. The van der Waals surface area contributed by atoms with Crippen molar-refractivity contribution in [3.8, 4) is 10.6 Å². The second kappa shape index (κ2) is 15.1. The van der Waals surface area contributed by atoms with Crippen LogP contribution in [0, 0.1) is 0 Å². The number of hydrogen-bond donors (Lipinski definition) is 1. The predicted octanol–water partition coefficient (Wildman–Crippen LogP) is 7.38. The zero-order valence-corrected chi connectivity index (χ0v) is 24.7. The van der Waals surface area contributed by atoms with Gasteiger partial charge in [-0.2, -0.15) is 0 Å². The van der Waals surface area contributed by atoms with E-state index in [0.29, 0.717) is 25.3 Å². The highest BCUT2D eigenvalue weighted by Gasteiger charge is 2.13. The average molecular weight is 546 g/mol. The van der Waals surface area contributed by atoms with Crippen LogP contribution in [-0.4, -0.2) is 59.7 Å². The Kier molecular flexibility index (Phi) is 11.3. The Balaban J connectivity index is 1.23. The van der Waals surface area contributed by atoms with Crippen molar-refractivity contribution in [3.05, 3.63) is 76.8 Å². The average Bonchev–Trinajstić information content (AvgIpc) is 3.23. The smallest absolute Gasteiger partial charge is 0.227 e. The van der Waals surface area contributed by atoms with Crippen LogP contribution in [0.15, 0.2) is 60.8 Å². The molecule has 1 unspecified atom stereocenters. The van der Waals surface area contributed by atoms with Crippen LogP contribution in [0.25, 0.3) is 16.6 Å². The van der Waals surface area contributed by atoms with E-state index >= 15 is 0 Å². The summed E-state index contributed by atoms with van der Waals surface area (Å²) < 4.78 is 6.00. The van der Waals surface area contributed by atoms with Crippen LogP contribution in [0.3, 0.4) is 0 Å². The third-order valence-corrected chi connectivity index (χ3v) is 8.37. The van der Waals surface area contributed by atoms with Gasteiger partial charge in [0.25, 0.3) is 0 Å². The fourth-order valence-corrected chi connectivity index (χ4v) is 5.83. The number of unbranched alkanes of at least 4 members (excludes halogenated alkanes) is 1. The van der Waals surface area contributed by atoms with E-state index in [-0.39, 0.29) is 0 Å². The second-order valence-electron chi connectivity index (χ2n) is 10.3. The van der Waals surface area contributed by atoms with Gasteiger partial charge in [-0.05, 0) is 75.3 Å². The van der Waals surface area contributed by atoms with Gasteiger partial charge in [0, 0.05) is 35.8 Å². The monoisotopic (exact) mass is 545 g/mol. The van der Waals surface area contributed by atoms with Gasteiger partial charge in [0.1, 0.15) is 0 Å². The maximum atomic E-state index is 6.00. The zero-order chi connectivity index (χ0) is 27.5. The van der Waals surface area contributed by atoms with Crippen LogP contribution >= 0.6 is 11.3 Å². The lowest BCUT2D eigenvalue weighted by atomic mass is 10.1. The molecule has 1 aliphatic rings. The fraction of sp³-hybridized carbons (Fsp3) is 0.438. The van der Waals surface area contributed by atoms with E-state index in [9.17, 15) is 0 Å². The SMILES string of the molecule is CCCCN(C)C(CC)CCN(C)COCc1ccc(Nc2nccc(-c3cc4c(s3)CC=CC=C4)n2)cc1. The van der Waals surface area contributed by atoms with Gasteiger partial charge < -0.3 is 15.0 Å². The van der Waals surface area contributed by atoms with Crippen molar-refractivity contribution in [1.82, 2.24) is 19.8 Å². The van der Waals surface area contributed by atoms with Crippen LogP contribution in [0.5, 0.6) is 0 Å². The maximum Gasteiger partial charge on any atom is 0.227 e. The first-order valence-electron chi connectivity index (χ1n) is 14.2. The normalized spacial score (nSPS) is 13.6. The first-order chi connectivity index (χ1) is 19.1. The minimum Gasteiger partial charge on any atom is -0.361 e. The molecule has 1 N–H and O–H groups in total. The van der Waals surface area contributed by atoms with Crippen molar-refractivity contribution in [2.75, 3.05) is 39.2 Å². The Morgan fingerprint density at radius 3 is 2.72 bits per heavy atom. The highest BCUT2D eigenvalue weighted by Crippen LogP contribution is 2.33. The van der Waals surface area contributed by atoms with Crippen molar-refractivity contribution in [2.24, 2.45) is 0 Å². The Hall–Kier alpha value is -2.84. The molecule has 3 aromatic rings. The summed E-state index contributed by atoms with van der Waals surface area (Å²) in [6.07, 6.45) is 16.2. The molecule has 1 aromatic carbocycles. The minimum absolute atomic E-state index is 0.594. The second-order valence-corrected chi connectivity index (χ2v) is 11.4. The summed E-state index contributed by atoms with van der Waals surface area (Å²) in [5.41, 5.74) is 4.32. The van der Waals surface area contributed by atoms with Gasteiger partial charge in [-0.25, -0.2) is 9.97 Å². The number of nitrogens with zero attached hydrogens (tertiary/aromatic N) is 4. The molecule has 4 rings (SSSR count). The van der Waals surface area contributed by atoms with Crippen LogP contribution in [-0.2, 0) is 17.8 Å². The highest BCUT2D eigenvalue weighted by molar-refractivity contribution is 7.15. The molecular formula is C32H43N5OS. The summed E-state index contributed by atoms with van der Waals surface area (Å²) in [5.74, 6) is 0.600. The van der Waals surface area contributed by atoms with Crippen molar-refractivity contribution >= 4 is 29.0 Å². The minimum atomic E-state index is 0.594. The van der Waals surface area contributed by atoms with E-state index in [1.807, 2.05) is 12.3 Å². The van der Waals surface area contributed by atoms with E-state index in [1.54, 1.807) is 11.3 Å². The molecule has 2 heterocycles. The summed E-state index contributed by atoms with van der Waals surface area (Å²) >= 11 is 1.80. The van der Waals surface area contributed by atoms with E-state index in [2.05, 4.69) is 103 Å². The maximum absolute atomic E-state index is 6.00. The molecule has 1 aliphatic carbocycles. The third kappa shape index (κ3) is 8.83. The quantitative estimate of drug-likeness (QED) is 0.201. The number of ether oxygens (including phenoxy) is 1. The van der Waals surface area contributed by atoms with Gasteiger partial charge >= 0.3 is 0 Å². The number of fused-ring (bicyclic) bond motifs is 1.